The standard InChI is InChI=1S/C24H22N6O2S/c1-29-24(25-27-28-29)33-15-23(31)30-22(17-9-11-20(32-2)12-10-17)14-21(26-30)19-8-7-16-5-3-4-6-18(16)13-19/h3-13,22H,14-15H2,1-2H3. The van der Waals surface area contributed by atoms with Gasteiger partial charge >= 0.3 is 0 Å². The zero-order chi connectivity index (χ0) is 22.8. The molecular formula is C24H22N6O2S. The third-order valence-corrected chi connectivity index (χ3v) is 6.65. The number of methoxy groups -OCH3 is 1. The van der Waals surface area contributed by atoms with Gasteiger partial charge < -0.3 is 4.74 Å². The molecule has 0 radical (unpaired) electrons. The summed E-state index contributed by atoms with van der Waals surface area (Å²) in [4.78, 5) is 13.2. The minimum absolute atomic E-state index is 0.0976. The van der Waals surface area contributed by atoms with Crippen molar-refractivity contribution in [3.05, 3.63) is 77.9 Å². The number of nitrogens with zero attached hydrogens (tertiary/aromatic N) is 6. The predicted octanol–water partition coefficient (Wildman–Crippen LogP) is 3.84. The van der Waals surface area contributed by atoms with Gasteiger partial charge in [0.15, 0.2) is 0 Å². The quantitative estimate of drug-likeness (QED) is 0.408. The maximum Gasteiger partial charge on any atom is 0.253 e. The van der Waals surface area contributed by atoms with Crippen LogP contribution >= 0.6 is 11.8 Å². The van der Waals surface area contributed by atoms with E-state index in [1.165, 1.54) is 17.1 Å². The summed E-state index contributed by atoms with van der Waals surface area (Å²) in [5, 5.41) is 20.7. The molecule has 1 amide bonds. The minimum Gasteiger partial charge on any atom is -0.497 e. The molecule has 0 saturated carbocycles. The number of thioether (sulfide) groups is 1. The maximum absolute atomic E-state index is 13.2. The Bertz CT molecular complexity index is 1330. The van der Waals surface area contributed by atoms with Gasteiger partial charge in [0.05, 0.1) is 24.6 Å². The van der Waals surface area contributed by atoms with Gasteiger partial charge in [-0.15, -0.1) is 5.10 Å². The van der Waals surface area contributed by atoms with E-state index in [1.54, 1.807) is 23.8 Å². The van der Waals surface area contributed by atoms with Crippen molar-refractivity contribution in [2.45, 2.75) is 17.6 Å². The van der Waals surface area contributed by atoms with Crippen molar-refractivity contribution in [1.29, 1.82) is 0 Å². The van der Waals surface area contributed by atoms with Gasteiger partial charge in [-0.2, -0.15) is 5.10 Å². The van der Waals surface area contributed by atoms with Crippen LogP contribution < -0.4 is 4.74 Å². The predicted molar refractivity (Wildman–Crippen MR) is 127 cm³/mol. The first-order valence-electron chi connectivity index (χ1n) is 10.5. The minimum atomic E-state index is -0.192. The second-order valence-electron chi connectivity index (χ2n) is 7.71. The zero-order valence-corrected chi connectivity index (χ0v) is 19.1. The second-order valence-corrected chi connectivity index (χ2v) is 8.66. The Morgan fingerprint density at radius 3 is 2.61 bits per heavy atom. The largest absolute Gasteiger partial charge is 0.497 e. The van der Waals surface area contributed by atoms with Crippen LogP contribution in [-0.2, 0) is 11.8 Å². The number of aryl methyl sites for hydroxylation is 1. The van der Waals surface area contributed by atoms with Crippen molar-refractivity contribution in [3.8, 4) is 5.75 Å². The van der Waals surface area contributed by atoms with Crippen LogP contribution in [0.15, 0.2) is 77.0 Å². The molecule has 1 aromatic heterocycles. The molecule has 5 rings (SSSR count). The Hall–Kier alpha value is -3.72. The lowest BCUT2D eigenvalue weighted by atomic mass is 9.97. The van der Waals surface area contributed by atoms with Crippen molar-refractivity contribution < 1.29 is 9.53 Å². The van der Waals surface area contributed by atoms with Gasteiger partial charge in [0.1, 0.15) is 5.75 Å². The fraction of sp³-hybridized carbons (Fsp3) is 0.208. The third-order valence-electron chi connectivity index (χ3n) is 5.66. The van der Waals surface area contributed by atoms with Crippen LogP contribution in [0, 0.1) is 0 Å². The summed E-state index contributed by atoms with van der Waals surface area (Å²) in [6, 6.07) is 22.1. The molecule has 0 spiro atoms. The number of carbonyl (C=O) groups is 1. The molecule has 0 saturated heterocycles. The molecule has 1 atom stereocenters. The topological polar surface area (TPSA) is 85.5 Å². The van der Waals surface area contributed by atoms with E-state index < -0.39 is 0 Å². The number of rotatable bonds is 6. The molecule has 0 bridgehead atoms. The van der Waals surface area contributed by atoms with E-state index in [2.05, 4.69) is 45.9 Å². The molecule has 0 aliphatic carbocycles. The van der Waals surface area contributed by atoms with Crippen molar-refractivity contribution in [2.24, 2.45) is 12.1 Å². The first kappa shape index (κ1) is 21.1. The average molecular weight is 459 g/mol. The van der Waals surface area contributed by atoms with Crippen LogP contribution in [0.3, 0.4) is 0 Å². The number of hydrogen-bond donors (Lipinski definition) is 0. The monoisotopic (exact) mass is 458 g/mol. The lowest BCUT2D eigenvalue weighted by Crippen LogP contribution is -2.28. The number of amides is 1. The van der Waals surface area contributed by atoms with Gasteiger partial charge in [-0.05, 0) is 50.5 Å². The van der Waals surface area contributed by atoms with E-state index in [9.17, 15) is 4.79 Å². The Labute approximate surface area is 195 Å². The van der Waals surface area contributed by atoms with Crippen LogP contribution in [0.4, 0.5) is 0 Å². The Kier molecular flexibility index (Phi) is 5.78. The van der Waals surface area contributed by atoms with Crippen molar-refractivity contribution >= 4 is 34.2 Å². The van der Waals surface area contributed by atoms with E-state index in [1.807, 2.05) is 36.4 Å². The molecule has 1 unspecified atom stereocenters. The number of benzene rings is 3. The molecule has 0 N–H and O–H groups in total. The van der Waals surface area contributed by atoms with Gasteiger partial charge in [-0.1, -0.05) is 60.3 Å². The van der Waals surface area contributed by atoms with Crippen LogP contribution in [0.1, 0.15) is 23.6 Å². The summed E-state index contributed by atoms with van der Waals surface area (Å²) < 4.78 is 6.84. The highest BCUT2D eigenvalue weighted by Gasteiger charge is 2.33. The van der Waals surface area contributed by atoms with Gasteiger partial charge in [0, 0.05) is 13.5 Å². The first-order valence-corrected chi connectivity index (χ1v) is 11.5. The van der Waals surface area contributed by atoms with Crippen molar-refractivity contribution in [2.75, 3.05) is 12.9 Å². The fourth-order valence-electron chi connectivity index (χ4n) is 3.91. The zero-order valence-electron chi connectivity index (χ0n) is 18.3. The SMILES string of the molecule is COc1ccc(C2CC(c3ccc4ccccc4c3)=NN2C(=O)CSc2nnnn2C)cc1. The molecule has 9 heteroatoms. The van der Waals surface area contributed by atoms with Crippen LogP contribution in [0.2, 0.25) is 0 Å². The normalized spacial score (nSPS) is 15.6. The maximum atomic E-state index is 13.2. The van der Waals surface area contributed by atoms with Crippen LogP contribution in [0.5, 0.6) is 5.75 Å². The average Bonchev–Trinajstić information content (AvgIpc) is 3.49. The molecule has 4 aromatic rings. The first-order chi connectivity index (χ1) is 16.1. The number of fused-ring (bicyclic) bond motifs is 1. The van der Waals surface area contributed by atoms with Gasteiger partial charge in [0.25, 0.3) is 5.91 Å². The van der Waals surface area contributed by atoms with Crippen LogP contribution in [-0.4, -0.2) is 49.7 Å². The molecule has 2 heterocycles. The Balaban J connectivity index is 1.45. The van der Waals surface area contributed by atoms with E-state index >= 15 is 0 Å². The van der Waals surface area contributed by atoms with Crippen LogP contribution in [0.25, 0.3) is 10.8 Å². The molecule has 0 fully saturated rings. The second kappa shape index (κ2) is 9.03. The molecular weight excluding hydrogens is 436 g/mol. The third kappa shape index (κ3) is 4.31. The van der Waals surface area contributed by atoms with Gasteiger partial charge in [0.2, 0.25) is 5.16 Å². The number of aromatic nitrogens is 4. The molecule has 33 heavy (non-hydrogen) atoms. The summed E-state index contributed by atoms with van der Waals surface area (Å²) in [5.74, 6) is 0.866. The van der Waals surface area contributed by atoms with E-state index in [0.717, 1.165) is 28.0 Å². The van der Waals surface area contributed by atoms with Crippen molar-refractivity contribution in [1.82, 2.24) is 25.2 Å². The fourth-order valence-corrected chi connectivity index (χ4v) is 4.61. The summed E-state index contributed by atoms with van der Waals surface area (Å²) in [5.41, 5.74) is 2.92. The Morgan fingerprint density at radius 2 is 1.88 bits per heavy atom. The molecule has 1 aliphatic heterocycles. The highest BCUT2D eigenvalue weighted by atomic mass is 32.2. The molecule has 1 aliphatic rings. The van der Waals surface area contributed by atoms with Gasteiger partial charge in [-0.3, -0.25) is 4.79 Å². The van der Waals surface area contributed by atoms with E-state index in [0.29, 0.717) is 11.6 Å². The molecule has 3 aromatic carbocycles. The van der Waals surface area contributed by atoms with Gasteiger partial charge in [-0.25, -0.2) is 9.69 Å². The molecule has 166 valence electrons. The summed E-state index contributed by atoms with van der Waals surface area (Å²) in [6.45, 7) is 0. The summed E-state index contributed by atoms with van der Waals surface area (Å²) in [6.07, 6.45) is 0.632. The highest BCUT2D eigenvalue weighted by molar-refractivity contribution is 7.99. The molecule has 8 nitrogen and oxygen atoms in total. The number of hydrazone groups is 1. The summed E-state index contributed by atoms with van der Waals surface area (Å²) in [7, 11) is 3.39. The van der Waals surface area contributed by atoms with Crippen molar-refractivity contribution in [3.63, 3.8) is 0 Å². The Morgan fingerprint density at radius 1 is 1.09 bits per heavy atom. The highest BCUT2D eigenvalue weighted by Crippen LogP contribution is 2.35. The van der Waals surface area contributed by atoms with E-state index in [-0.39, 0.29) is 17.7 Å². The number of tetrazole rings is 1. The number of ether oxygens (including phenoxy) is 1. The lowest BCUT2D eigenvalue weighted by molar-refractivity contribution is -0.130. The lowest BCUT2D eigenvalue weighted by Gasteiger charge is -2.22. The van der Waals surface area contributed by atoms with E-state index in [4.69, 9.17) is 9.84 Å². The summed E-state index contributed by atoms with van der Waals surface area (Å²) >= 11 is 1.30. The number of carbonyl (C=O) groups excluding carboxylic acids is 1. The number of hydrogen-bond acceptors (Lipinski definition) is 7. The smallest absolute Gasteiger partial charge is 0.253 e.